The van der Waals surface area contributed by atoms with Crippen molar-refractivity contribution in [1.29, 1.82) is 0 Å². The van der Waals surface area contributed by atoms with Crippen molar-refractivity contribution < 1.29 is 9.53 Å². The van der Waals surface area contributed by atoms with Crippen molar-refractivity contribution in [2.75, 3.05) is 13.2 Å². The molecule has 1 aromatic carbocycles. The molecule has 0 radical (unpaired) electrons. The Labute approximate surface area is 133 Å². The molecule has 1 heterocycles. The van der Waals surface area contributed by atoms with Gasteiger partial charge in [0, 0.05) is 18.1 Å². The Morgan fingerprint density at radius 2 is 1.91 bits per heavy atom. The van der Waals surface area contributed by atoms with E-state index in [0.29, 0.717) is 23.8 Å². The lowest BCUT2D eigenvalue weighted by atomic mass is 9.80. The number of nitrogens with zero attached hydrogens (tertiary/aromatic N) is 1. The van der Waals surface area contributed by atoms with Crippen molar-refractivity contribution in [2.45, 2.75) is 63.5 Å². The predicted octanol–water partition coefficient (Wildman–Crippen LogP) is 4.03. The van der Waals surface area contributed by atoms with Crippen LogP contribution in [-0.4, -0.2) is 35.6 Å². The highest BCUT2D eigenvalue weighted by Crippen LogP contribution is 2.43. The smallest absolute Gasteiger partial charge is 0.338 e. The molecule has 1 unspecified atom stereocenters. The summed E-state index contributed by atoms with van der Waals surface area (Å²) >= 11 is 0. The molecule has 3 nitrogen and oxygen atoms in total. The first kappa shape index (κ1) is 15.5. The zero-order valence-electron chi connectivity index (χ0n) is 13.6. The van der Waals surface area contributed by atoms with Gasteiger partial charge in [0.05, 0.1) is 5.56 Å². The molecular weight excluding hydrogens is 274 g/mol. The Bertz CT molecular complexity index is 488. The van der Waals surface area contributed by atoms with E-state index in [2.05, 4.69) is 11.8 Å². The van der Waals surface area contributed by atoms with Gasteiger partial charge >= 0.3 is 5.97 Å². The van der Waals surface area contributed by atoms with Crippen molar-refractivity contribution in [1.82, 2.24) is 4.90 Å². The van der Waals surface area contributed by atoms with Gasteiger partial charge in [0.25, 0.3) is 0 Å². The second kappa shape index (κ2) is 6.82. The van der Waals surface area contributed by atoms with E-state index in [9.17, 15) is 4.79 Å². The summed E-state index contributed by atoms with van der Waals surface area (Å²) in [5, 5.41) is 0. The van der Waals surface area contributed by atoms with E-state index in [1.807, 2.05) is 30.3 Å². The third-order valence-electron chi connectivity index (χ3n) is 5.53. The van der Waals surface area contributed by atoms with Crippen LogP contribution in [-0.2, 0) is 4.74 Å². The van der Waals surface area contributed by atoms with Crippen molar-refractivity contribution in [3.63, 3.8) is 0 Å². The van der Waals surface area contributed by atoms with E-state index in [-0.39, 0.29) is 5.97 Å². The first-order valence-corrected chi connectivity index (χ1v) is 8.70. The van der Waals surface area contributed by atoms with Crippen LogP contribution >= 0.6 is 0 Å². The van der Waals surface area contributed by atoms with Gasteiger partial charge in [0.2, 0.25) is 0 Å². The van der Waals surface area contributed by atoms with Crippen LogP contribution in [0.3, 0.4) is 0 Å². The Balaban J connectivity index is 1.54. The van der Waals surface area contributed by atoms with E-state index < -0.39 is 0 Å². The van der Waals surface area contributed by atoms with Gasteiger partial charge in [-0.05, 0) is 44.7 Å². The number of ether oxygens (including phenoxy) is 1. The number of rotatable bonds is 4. The Morgan fingerprint density at radius 3 is 2.64 bits per heavy atom. The lowest BCUT2D eigenvalue weighted by molar-refractivity contribution is 0.0247. The molecule has 1 aromatic rings. The summed E-state index contributed by atoms with van der Waals surface area (Å²) in [4.78, 5) is 14.7. The average Bonchev–Trinajstić information content (AvgIpc) is 2.85. The third-order valence-corrected chi connectivity index (χ3v) is 5.53. The van der Waals surface area contributed by atoms with Gasteiger partial charge < -0.3 is 4.74 Å². The molecule has 1 spiro atoms. The highest BCUT2D eigenvalue weighted by Gasteiger charge is 2.44. The van der Waals surface area contributed by atoms with Gasteiger partial charge in [0.15, 0.2) is 0 Å². The first-order valence-electron chi connectivity index (χ1n) is 8.70. The zero-order chi connectivity index (χ0) is 15.4. The van der Waals surface area contributed by atoms with Gasteiger partial charge in [-0.1, -0.05) is 37.5 Å². The molecule has 1 aliphatic heterocycles. The summed E-state index contributed by atoms with van der Waals surface area (Å²) in [7, 11) is 0. The first-order chi connectivity index (χ1) is 10.7. The minimum Gasteiger partial charge on any atom is -0.461 e. The molecule has 0 amide bonds. The van der Waals surface area contributed by atoms with Crippen LogP contribution in [0.4, 0.5) is 0 Å². The maximum Gasteiger partial charge on any atom is 0.338 e. The van der Waals surface area contributed by atoms with Gasteiger partial charge in [-0.3, -0.25) is 4.90 Å². The molecule has 2 aliphatic rings. The highest BCUT2D eigenvalue weighted by atomic mass is 16.5. The number of hydrogen-bond acceptors (Lipinski definition) is 3. The van der Waals surface area contributed by atoms with E-state index in [0.717, 1.165) is 6.54 Å². The number of hydrogen-bond donors (Lipinski definition) is 0. The molecule has 120 valence electrons. The van der Waals surface area contributed by atoms with Crippen LogP contribution in [0.1, 0.15) is 62.2 Å². The monoisotopic (exact) mass is 301 g/mol. The summed E-state index contributed by atoms with van der Waals surface area (Å²) in [5.41, 5.74) is 1.04. The fourth-order valence-electron chi connectivity index (χ4n) is 4.34. The summed E-state index contributed by atoms with van der Waals surface area (Å²) in [6.07, 6.45) is 9.34. The van der Waals surface area contributed by atoms with E-state index in [1.54, 1.807) is 0 Å². The maximum absolute atomic E-state index is 12.0. The van der Waals surface area contributed by atoms with Gasteiger partial charge in [0.1, 0.15) is 6.61 Å². The molecule has 3 heteroatoms. The molecule has 3 rings (SSSR count). The quantitative estimate of drug-likeness (QED) is 0.786. The molecular formula is C19H27NO2. The highest BCUT2D eigenvalue weighted by molar-refractivity contribution is 5.89. The third kappa shape index (κ3) is 3.19. The van der Waals surface area contributed by atoms with Crippen LogP contribution in [0.5, 0.6) is 0 Å². The van der Waals surface area contributed by atoms with E-state index in [4.69, 9.17) is 4.74 Å². The van der Waals surface area contributed by atoms with Crippen molar-refractivity contribution >= 4 is 5.97 Å². The number of esters is 1. The van der Waals surface area contributed by atoms with Crippen molar-refractivity contribution in [3.8, 4) is 0 Å². The standard InChI is InChI=1S/C19H27NO2/c1-16-10-13-19(11-6-3-7-12-19)20(16)14-15-22-18(21)17-8-4-2-5-9-17/h2,4-5,8-9,16H,3,6-7,10-15H2,1H3. The molecule has 1 atom stereocenters. The summed E-state index contributed by atoms with van der Waals surface area (Å²) in [6, 6.07) is 9.89. The lowest BCUT2D eigenvalue weighted by Crippen LogP contribution is -2.49. The van der Waals surface area contributed by atoms with Crippen molar-refractivity contribution in [3.05, 3.63) is 35.9 Å². The van der Waals surface area contributed by atoms with Crippen LogP contribution in [0.2, 0.25) is 0 Å². The Kier molecular flexibility index (Phi) is 4.82. The van der Waals surface area contributed by atoms with Crippen LogP contribution in [0.15, 0.2) is 30.3 Å². The molecule has 0 aromatic heterocycles. The SMILES string of the molecule is CC1CCC2(CCCCC2)N1CCOC(=O)c1ccccc1. The predicted molar refractivity (Wildman–Crippen MR) is 87.9 cm³/mol. The minimum absolute atomic E-state index is 0.204. The fraction of sp³-hybridized carbons (Fsp3) is 0.632. The summed E-state index contributed by atoms with van der Waals surface area (Å²) in [5.74, 6) is -0.204. The maximum atomic E-state index is 12.0. The van der Waals surface area contributed by atoms with Gasteiger partial charge in [-0.25, -0.2) is 4.79 Å². The number of carbonyl (C=O) groups excluding carboxylic acids is 1. The number of benzene rings is 1. The molecule has 1 saturated carbocycles. The summed E-state index contributed by atoms with van der Waals surface area (Å²) < 4.78 is 5.49. The van der Waals surface area contributed by atoms with Crippen molar-refractivity contribution in [2.24, 2.45) is 0 Å². The average molecular weight is 301 g/mol. The van der Waals surface area contributed by atoms with Crippen LogP contribution in [0, 0.1) is 0 Å². The van der Waals surface area contributed by atoms with Gasteiger partial charge in [-0.2, -0.15) is 0 Å². The topological polar surface area (TPSA) is 29.5 Å². The normalized spacial score (nSPS) is 24.5. The van der Waals surface area contributed by atoms with E-state index in [1.165, 1.54) is 44.9 Å². The van der Waals surface area contributed by atoms with Gasteiger partial charge in [-0.15, -0.1) is 0 Å². The van der Waals surface area contributed by atoms with E-state index >= 15 is 0 Å². The molecule has 2 fully saturated rings. The number of likely N-dealkylation sites (tertiary alicyclic amines) is 1. The molecule has 1 saturated heterocycles. The Morgan fingerprint density at radius 1 is 1.18 bits per heavy atom. The largest absolute Gasteiger partial charge is 0.461 e. The minimum atomic E-state index is -0.204. The zero-order valence-corrected chi connectivity index (χ0v) is 13.6. The second-order valence-corrected chi connectivity index (χ2v) is 6.87. The van der Waals surface area contributed by atoms with Crippen LogP contribution < -0.4 is 0 Å². The molecule has 22 heavy (non-hydrogen) atoms. The summed E-state index contributed by atoms with van der Waals surface area (Å²) in [6.45, 7) is 3.70. The van der Waals surface area contributed by atoms with Crippen LogP contribution in [0.25, 0.3) is 0 Å². The molecule has 0 bridgehead atoms. The fourth-order valence-corrected chi connectivity index (χ4v) is 4.34. The molecule has 0 N–H and O–H groups in total. The second-order valence-electron chi connectivity index (χ2n) is 6.87. The lowest BCUT2D eigenvalue weighted by Gasteiger charge is -2.43. The number of carbonyl (C=O) groups is 1. The Hall–Kier alpha value is -1.35. The molecule has 1 aliphatic carbocycles.